The van der Waals surface area contributed by atoms with Crippen LogP contribution in [0.4, 0.5) is 13.2 Å². The summed E-state index contributed by atoms with van der Waals surface area (Å²) in [4.78, 5) is 22.7. The maximum absolute atomic E-state index is 13.5. The number of carbonyl (C=O) groups is 1. The van der Waals surface area contributed by atoms with Gasteiger partial charge in [-0.25, -0.2) is 9.50 Å². The Labute approximate surface area is 159 Å². The Morgan fingerprint density at radius 2 is 1.96 bits per heavy atom. The number of hydrogen-bond acceptors (Lipinski definition) is 4. The normalized spacial score (nSPS) is 17.9. The zero-order valence-electron chi connectivity index (χ0n) is 15.1. The van der Waals surface area contributed by atoms with Crippen molar-refractivity contribution in [3.63, 3.8) is 0 Å². The molecule has 0 aromatic carbocycles. The van der Waals surface area contributed by atoms with Crippen molar-refractivity contribution in [3.05, 3.63) is 59.3 Å². The summed E-state index contributed by atoms with van der Waals surface area (Å²) in [5.74, 6) is -0.412. The molecule has 28 heavy (non-hydrogen) atoms. The van der Waals surface area contributed by atoms with Gasteiger partial charge in [-0.3, -0.25) is 9.78 Å². The third-order valence-electron chi connectivity index (χ3n) is 4.91. The fourth-order valence-electron chi connectivity index (χ4n) is 3.60. The molecule has 3 aromatic rings. The Kier molecular flexibility index (Phi) is 4.52. The number of halogens is 3. The minimum Gasteiger partial charge on any atom is -0.338 e. The summed E-state index contributed by atoms with van der Waals surface area (Å²) in [6.07, 6.45) is -0.0826. The Morgan fingerprint density at radius 3 is 2.68 bits per heavy atom. The number of fused-ring (bicyclic) bond motifs is 1. The summed E-state index contributed by atoms with van der Waals surface area (Å²) in [6, 6.07) is 5.85. The summed E-state index contributed by atoms with van der Waals surface area (Å²) < 4.78 is 41.5. The first kappa shape index (κ1) is 18.4. The highest BCUT2D eigenvalue weighted by molar-refractivity contribution is 5.94. The molecule has 9 heteroatoms. The van der Waals surface area contributed by atoms with Crippen LogP contribution in [0.25, 0.3) is 5.65 Å². The first-order valence-corrected chi connectivity index (χ1v) is 8.97. The van der Waals surface area contributed by atoms with Crippen LogP contribution in [-0.4, -0.2) is 43.5 Å². The van der Waals surface area contributed by atoms with Crippen LogP contribution >= 0.6 is 0 Å². The maximum atomic E-state index is 13.5. The van der Waals surface area contributed by atoms with Crippen molar-refractivity contribution in [2.45, 2.75) is 31.9 Å². The number of carbonyl (C=O) groups excluding carboxylic acids is 1. The molecule has 3 aromatic heterocycles. The van der Waals surface area contributed by atoms with E-state index in [1.807, 2.05) is 0 Å². The minimum atomic E-state index is -4.55. The predicted molar refractivity (Wildman–Crippen MR) is 94.8 cm³/mol. The van der Waals surface area contributed by atoms with Crippen LogP contribution in [0.1, 0.15) is 46.2 Å². The van der Waals surface area contributed by atoms with Gasteiger partial charge >= 0.3 is 6.18 Å². The number of nitrogens with zero attached hydrogens (tertiary/aromatic N) is 5. The molecule has 1 atom stereocenters. The van der Waals surface area contributed by atoms with Crippen molar-refractivity contribution in [3.8, 4) is 0 Å². The fraction of sp³-hybridized carbons (Fsp3) is 0.368. The number of piperidine rings is 1. The standard InChI is InChI=1S/C19H18F3N5O/c1-12-9-17-24-15(10-16(19(20,21)22)27(17)25-12)14-3-2-8-26(11-14)18(28)13-4-6-23-7-5-13/h4-7,9-10,14H,2-3,8,11H2,1H3/t14-/m0/s1. The number of alkyl halides is 3. The average Bonchev–Trinajstić information content (AvgIpc) is 3.06. The van der Waals surface area contributed by atoms with Crippen LogP contribution in [0.5, 0.6) is 0 Å². The average molecular weight is 389 g/mol. The number of hydrogen-bond donors (Lipinski definition) is 0. The molecule has 0 N–H and O–H groups in total. The molecule has 0 unspecified atom stereocenters. The molecule has 0 aliphatic carbocycles. The van der Waals surface area contributed by atoms with E-state index in [0.29, 0.717) is 42.9 Å². The van der Waals surface area contributed by atoms with Gasteiger partial charge in [-0.2, -0.15) is 18.3 Å². The van der Waals surface area contributed by atoms with Gasteiger partial charge in [0, 0.05) is 48.7 Å². The monoisotopic (exact) mass is 389 g/mol. The van der Waals surface area contributed by atoms with Crippen molar-refractivity contribution >= 4 is 11.6 Å². The van der Waals surface area contributed by atoms with Crippen molar-refractivity contribution in [2.75, 3.05) is 13.1 Å². The van der Waals surface area contributed by atoms with Gasteiger partial charge in [0.1, 0.15) is 5.69 Å². The van der Waals surface area contributed by atoms with E-state index in [1.165, 1.54) is 6.07 Å². The number of pyridine rings is 1. The van der Waals surface area contributed by atoms with E-state index < -0.39 is 11.9 Å². The molecule has 0 saturated carbocycles. The maximum Gasteiger partial charge on any atom is 0.433 e. The summed E-state index contributed by atoms with van der Waals surface area (Å²) in [5, 5.41) is 3.91. The lowest BCUT2D eigenvalue weighted by Gasteiger charge is -2.32. The van der Waals surface area contributed by atoms with Gasteiger partial charge in [-0.15, -0.1) is 0 Å². The van der Waals surface area contributed by atoms with E-state index in [0.717, 1.165) is 10.6 Å². The van der Waals surface area contributed by atoms with Crippen molar-refractivity contribution < 1.29 is 18.0 Å². The Morgan fingerprint density at radius 1 is 1.21 bits per heavy atom. The molecule has 0 radical (unpaired) electrons. The zero-order chi connectivity index (χ0) is 19.9. The molecule has 4 rings (SSSR count). The van der Waals surface area contributed by atoms with Gasteiger partial charge in [-0.05, 0) is 38.0 Å². The summed E-state index contributed by atoms with van der Waals surface area (Å²) in [6.45, 7) is 2.52. The van der Waals surface area contributed by atoms with Gasteiger partial charge in [-0.1, -0.05) is 0 Å². The molecule has 146 valence electrons. The van der Waals surface area contributed by atoms with Crippen LogP contribution in [0, 0.1) is 6.92 Å². The van der Waals surface area contributed by atoms with Gasteiger partial charge in [0.2, 0.25) is 0 Å². The van der Waals surface area contributed by atoms with Crippen LogP contribution < -0.4 is 0 Å². The second kappa shape index (κ2) is 6.88. The summed E-state index contributed by atoms with van der Waals surface area (Å²) >= 11 is 0. The molecule has 1 aliphatic rings. The molecule has 1 aliphatic heterocycles. The first-order valence-electron chi connectivity index (χ1n) is 8.97. The van der Waals surface area contributed by atoms with E-state index in [4.69, 9.17) is 0 Å². The smallest absolute Gasteiger partial charge is 0.338 e. The SMILES string of the molecule is Cc1cc2nc([C@H]3CCCN(C(=O)c4ccncc4)C3)cc(C(F)(F)F)n2n1. The minimum absolute atomic E-state index is 0.149. The van der Waals surface area contributed by atoms with Crippen LogP contribution in [0.3, 0.4) is 0 Å². The number of amides is 1. The second-order valence-corrected chi connectivity index (χ2v) is 6.95. The quantitative estimate of drug-likeness (QED) is 0.673. The van der Waals surface area contributed by atoms with Crippen LogP contribution in [0.15, 0.2) is 36.7 Å². The van der Waals surface area contributed by atoms with Crippen LogP contribution in [-0.2, 0) is 6.18 Å². The molecule has 1 fully saturated rings. The Balaban J connectivity index is 1.67. The van der Waals surface area contributed by atoms with E-state index in [-0.39, 0.29) is 17.5 Å². The molecular weight excluding hydrogens is 371 g/mol. The van der Waals surface area contributed by atoms with Crippen LogP contribution in [0.2, 0.25) is 0 Å². The zero-order valence-corrected chi connectivity index (χ0v) is 15.1. The molecule has 6 nitrogen and oxygen atoms in total. The number of likely N-dealkylation sites (tertiary alicyclic amines) is 1. The van der Waals surface area contributed by atoms with E-state index in [9.17, 15) is 18.0 Å². The van der Waals surface area contributed by atoms with Crippen molar-refractivity contribution in [1.29, 1.82) is 0 Å². The Bertz CT molecular complexity index is 1020. The molecule has 1 amide bonds. The number of aromatic nitrogens is 4. The lowest BCUT2D eigenvalue weighted by molar-refractivity contribution is -0.142. The highest BCUT2D eigenvalue weighted by Crippen LogP contribution is 2.33. The van der Waals surface area contributed by atoms with Gasteiger partial charge in [0.15, 0.2) is 5.65 Å². The lowest BCUT2D eigenvalue weighted by Crippen LogP contribution is -2.39. The number of rotatable bonds is 2. The van der Waals surface area contributed by atoms with E-state index in [2.05, 4.69) is 15.1 Å². The third kappa shape index (κ3) is 3.44. The Hall–Kier alpha value is -2.97. The molecular formula is C19H18F3N5O. The number of aryl methyl sites for hydroxylation is 1. The summed E-state index contributed by atoms with van der Waals surface area (Å²) in [5.41, 5.74) is 0.639. The highest BCUT2D eigenvalue weighted by atomic mass is 19.4. The van der Waals surface area contributed by atoms with Gasteiger partial charge in [0.25, 0.3) is 5.91 Å². The molecule has 0 bridgehead atoms. The highest BCUT2D eigenvalue weighted by Gasteiger charge is 2.36. The largest absolute Gasteiger partial charge is 0.433 e. The predicted octanol–water partition coefficient (Wildman–Crippen LogP) is 3.47. The molecule has 0 spiro atoms. The molecule has 4 heterocycles. The van der Waals surface area contributed by atoms with Crippen molar-refractivity contribution in [1.82, 2.24) is 24.5 Å². The van der Waals surface area contributed by atoms with E-state index >= 15 is 0 Å². The summed E-state index contributed by atoms with van der Waals surface area (Å²) in [7, 11) is 0. The van der Waals surface area contributed by atoms with Gasteiger partial charge in [0.05, 0.1) is 5.69 Å². The lowest BCUT2D eigenvalue weighted by atomic mass is 9.93. The van der Waals surface area contributed by atoms with E-state index in [1.54, 1.807) is 36.4 Å². The second-order valence-electron chi connectivity index (χ2n) is 6.95. The van der Waals surface area contributed by atoms with Gasteiger partial charge < -0.3 is 4.90 Å². The topological polar surface area (TPSA) is 63.4 Å². The third-order valence-corrected chi connectivity index (χ3v) is 4.91. The van der Waals surface area contributed by atoms with Crippen molar-refractivity contribution in [2.24, 2.45) is 0 Å². The first-order chi connectivity index (χ1) is 13.3. The molecule has 1 saturated heterocycles. The fourth-order valence-corrected chi connectivity index (χ4v) is 3.60.